The number of benzene rings is 1. The Bertz CT molecular complexity index is 609. The van der Waals surface area contributed by atoms with Crippen molar-refractivity contribution in [3.8, 4) is 11.5 Å². The maximum atomic E-state index is 5.67. The zero-order valence-electron chi connectivity index (χ0n) is 15.8. The van der Waals surface area contributed by atoms with Crippen LogP contribution in [0.2, 0.25) is 0 Å². The van der Waals surface area contributed by atoms with Crippen molar-refractivity contribution in [1.29, 1.82) is 0 Å². The second-order valence-electron chi connectivity index (χ2n) is 7.20. The highest BCUT2D eigenvalue weighted by Gasteiger charge is 2.41. The van der Waals surface area contributed by atoms with Gasteiger partial charge in [0, 0.05) is 26.7 Å². The summed E-state index contributed by atoms with van der Waals surface area (Å²) >= 11 is 0. The lowest BCUT2D eigenvalue weighted by atomic mass is 9.86. The molecule has 0 amide bonds. The quantitative estimate of drug-likeness (QED) is 0.656. The van der Waals surface area contributed by atoms with Crippen LogP contribution in [0, 0.1) is 5.41 Å². The number of aliphatic imine (C=N–C) groups is 1. The first-order valence-corrected chi connectivity index (χ1v) is 9.45. The summed E-state index contributed by atoms with van der Waals surface area (Å²) in [5.74, 6) is 2.58. The normalized spacial score (nSPS) is 19.5. The Morgan fingerprint density at radius 2 is 2.04 bits per heavy atom. The molecule has 0 bridgehead atoms. The second-order valence-corrected chi connectivity index (χ2v) is 7.20. The number of likely N-dealkylation sites (tertiary alicyclic amines) is 1. The van der Waals surface area contributed by atoms with Gasteiger partial charge in [-0.05, 0) is 49.3 Å². The van der Waals surface area contributed by atoms with Crippen LogP contribution in [0.15, 0.2) is 23.2 Å². The molecule has 5 heteroatoms. The Balaban J connectivity index is 1.61. The molecule has 1 aromatic carbocycles. The van der Waals surface area contributed by atoms with Crippen molar-refractivity contribution in [1.82, 2.24) is 10.2 Å². The van der Waals surface area contributed by atoms with E-state index in [0.717, 1.165) is 37.1 Å². The molecule has 1 aromatic rings. The fourth-order valence-corrected chi connectivity index (χ4v) is 4.26. The Kier molecular flexibility index (Phi) is 5.71. The summed E-state index contributed by atoms with van der Waals surface area (Å²) in [6.07, 6.45) is 6.87. The average molecular weight is 345 g/mol. The summed E-state index contributed by atoms with van der Waals surface area (Å²) in [7, 11) is 3.55. The van der Waals surface area contributed by atoms with E-state index in [1.54, 1.807) is 7.11 Å². The molecule has 1 aliphatic carbocycles. The minimum atomic E-state index is 0.555. The molecule has 1 aliphatic heterocycles. The van der Waals surface area contributed by atoms with Crippen molar-refractivity contribution in [2.45, 2.75) is 45.6 Å². The molecule has 0 aromatic heterocycles. The summed E-state index contributed by atoms with van der Waals surface area (Å²) < 4.78 is 11.0. The fraction of sp³-hybridized carbons (Fsp3) is 0.650. The van der Waals surface area contributed by atoms with Gasteiger partial charge in [0.1, 0.15) is 0 Å². The number of nitrogens with one attached hydrogen (secondary N) is 1. The molecule has 138 valence electrons. The standard InChI is InChI=1S/C20H31N3O2/c1-4-25-18-13-16(7-8-17(18)24-3)14-22-19(21-2)23-12-11-20(15-23)9-5-6-10-20/h7-8,13H,4-6,9-12,14-15H2,1-3H3,(H,21,22). The molecule has 2 aliphatic rings. The Morgan fingerprint density at radius 1 is 1.24 bits per heavy atom. The van der Waals surface area contributed by atoms with Gasteiger partial charge in [-0.1, -0.05) is 18.9 Å². The predicted molar refractivity (Wildman–Crippen MR) is 101 cm³/mol. The third-order valence-corrected chi connectivity index (χ3v) is 5.59. The lowest BCUT2D eigenvalue weighted by Crippen LogP contribution is -2.40. The maximum absolute atomic E-state index is 5.67. The number of methoxy groups -OCH3 is 1. The van der Waals surface area contributed by atoms with Gasteiger partial charge in [0.25, 0.3) is 0 Å². The highest BCUT2D eigenvalue weighted by atomic mass is 16.5. The average Bonchev–Trinajstić information content (AvgIpc) is 3.26. The number of rotatable bonds is 5. The third kappa shape index (κ3) is 4.02. The number of ether oxygens (including phenoxy) is 2. The van der Waals surface area contributed by atoms with Gasteiger partial charge < -0.3 is 19.7 Å². The minimum absolute atomic E-state index is 0.555. The van der Waals surface area contributed by atoms with Gasteiger partial charge in [-0.15, -0.1) is 0 Å². The minimum Gasteiger partial charge on any atom is -0.493 e. The van der Waals surface area contributed by atoms with Crippen LogP contribution in [0.1, 0.15) is 44.6 Å². The van der Waals surface area contributed by atoms with Gasteiger partial charge in [-0.25, -0.2) is 0 Å². The molecule has 0 unspecified atom stereocenters. The first kappa shape index (κ1) is 17.9. The van der Waals surface area contributed by atoms with Gasteiger partial charge >= 0.3 is 0 Å². The first-order valence-electron chi connectivity index (χ1n) is 9.45. The van der Waals surface area contributed by atoms with Crippen LogP contribution in [0.25, 0.3) is 0 Å². The summed E-state index contributed by atoms with van der Waals surface area (Å²) in [5, 5.41) is 3.52. The van der Waals surface area contributed by atoms with Gasteiger partial charge in [-0.3, -0.25) is 4.99 Å². The molecule has 1 heterocycles. The molecule has 0 radical (unpaired) electrons. The van der Waals surface area contributed by atoms with Crippen LogP contribution in [-0.4, -0.2) is 44.7 Å². The van der Waals surface area contributed by atoms with Crippen LogP contribution >= 0.6 is 0 Å². The molecular formula is C20H31N3O2. The SMILES string of the molecule is CCOc1cc(CNC(=NC)N2CCC3(CCCC3)C2)ccc1OC. The molecule has 3 rings (SSSR count). The molecule has 0 atom stereocenters. The van der Waals surface area contributed by atoms with Crippen LogP contribution in [-0.2, 0) is 6.54 Å². The Hall–Kier alpha value is -1.91. The third-order valence-electron chi connectivity index (χ3n) is 5.59. The van der Waals surface area contributed by atoms with E-state index in [4.69, 9.17) is 9.47 Å². The van der Waals surface area contributed by atoms with E-state index in [0.29, 0.717) is 12.0 Å². The van der Waals surface area contributed by atoms with E-state index < -0.39 is 0 Å². The molecule has 1 saturated carbocycles. The molecule has 1 spiro atoms. The topological polar surface area (TPSA) is 46.1 Å². The number of hydrogen-bond donors (Lipinski definition) is 1. The Morgan fingerprint density at radius 3 is 2.72 bits per heavy atom. The lowest BCUT2D eigenvalue weighted by molar-refractivity contribution is 0.309. The number of nitrogens with zero attached hydrogens (tertiary/aromatic N) is 2. The van der Waals surface area contributed by atoms with Crippen LogP contribution in [0.3, 0.4) is 0 Å². The number of guanidine groups is 1. The van der Waals surface area contributed by atoms with Gasteiger partial charge in [0.15, 0.2) is 17.5 Å². The van der Waals surface area contributed by atoms with E-state index >= 15 is 0 Å². The van der Waals surface area contributed by atoms with Gasteiger partial charge in [0.05, 0.1) is 13.7 Å². The van der Waals surface area contributed by atoms with Gasteiger partial charge in [-0.2, -0.15) is 0 Å². The molecule has 2 fully saturated rings. The monoisotopic (exact) mass is 345 g/mol. The fourth-order valence-electron chi connectivity index (χ4n) is 4.26. The largest absolute Gasteiger partial charge is 0.493 e. The lowest BCUT2D eigenvalue weighted by Gasteiger charge is -2.26. The van der Waals surface area contributed by atoms with E-state index in [-0.39, 0.29) is 0 Å². The van der Waals surface area contributed by atoms with Crippen molar-refractivity contribution in [2.75, 3.05) is 33.9 Å². The summed E-state index contributed by atoms with van der Waals surface area (Å²) in [6.45, 7) is 5.62. The van der Waals surface area contributed by atoms with Crippen molar-refractivity contribution in [3.05, 3.63) is 23.8 Å². The maximum Gasteiger partial charge on any atom is 0.193 e. The van der Waals surface area contributed by atoms with Crippen LogP contribution in [0.5, 0.6) is 11.5 Å². The van der Waals surface area contributed by atoms with Crippen molar-refractivity contribution in [3.63, 3.8) is 0 Å². The predicted octanol–water partition coefficient (Wildman–Crippen LogP) is 3.44. The first-order chi connectivity index (χ1) is 12.2. The number of hydrogen-bond acceptors (Lipinski definition) is 3. The summed E-state index contributed by atoms with van der Waals surface area (Å²) in [5.41, 5.74) is 1.72. The molecular weight excluding hydrogens is 314 g/mol. The van der Waals surface area contributed by atoms with Gasteiger partial charge in [0.2, 0.25) is 0 Å². The highest BCUT2D eigenvalue weighted by Crippen LogP contribution is 2.45. The van der Waals surface area contributed by atoms with Crippen molar-refractivity contribution >= 4 is 5.96 Å². The smallest absolute Gasteiger partial charge is 0.193 e. The molecule has 5 nitrogen and oxygen atoms in total. The van der Waals surface area contributed by atoms with E-state index in [1.165, 1.54) is 37.7 Å². The van der Waals surface area contributed by atoms with E-state index in [1.807, 2.05) is 26.1 Å². The second kappa shape index (κ2) is 7.98. The zero-order chi connectivity index (χ0) is 17.7. The molecule has 25 heavy (non-hydrogen) atoms. The summed E-state index contributed by atoms with van der Waals surface area (Å²) in [6, 6.07) is 6.09. The molecule has 1 N–H and O–H groups in total. The molecule has 1 saturated heterocycles. The Labute approximate surface area is 151 Å². The van der Waals surface area contributed by atoms with Crippen molar-refractivity contribution < 1.29 is 9.47 Å². The van der Waals surface area contributed by atoms with Crippen molar-refractivity contribution in [2.24, 2.45) is 10.4 Å². The summed E-state index contributed by atoms with van der Waals surface area (Å²) in [4.78, 5) is 6.94. The van der Waals surface area contributed by atoms with Crippen LogP contribution in [0.4, 0.5) is 0 Å². The van der Waals surface area contributed by atoms with E-state index in [9.17, 15) is 0 Å². The highest BCUT2D eigenvalue weighted by molar-refractivity contribution is 5.80. The van der Waals surface area contributed by atoms with Crippen LogP contribution < -0.4 is 14.8 Å². The van der Waals surface area contributed by atoms with E-state index in [2.05, 4.69) is 21.3 Å². The zero-order valence-corrected chi connectivity index (χ0v) is 15.8.